The number of carbonyl (C=O) groups excluding carboxylic acids is 1. The normalized spacial score (nSPS) is 25.2. The van der Waals surface area contributed by atoms with Crippen molar-refractivity contribution in [2.45, 2.75) is 65.0 Å². The predicted octanol–water partition coefficient (Wildman–Crippen LogP) is 2.27. The van der Waals surface area contributed by atoms with Crippen LogP contribution in [-0.4, -0.2) is 29.8 Å². The molecule has 0 aliphatic heterocycles. The average molecular weight is 256 g/mol. The second-order valence-corrected chi connectivity index (χ2v) is 5.51. The Balaban J connectivity index is 2.24. The van der Waals surface area contributed by atoms with Crippen LogP contribution in [0.4, 0.5) is 4.79 Å². The van der Waals surface area contributed by atoms with Crippen molar-refractivity contribution in [3.05, 3.63) is 0 Å². The van der Waals surface area contributed by atoms with Gasteiger partial charge in [-0.1, -0.05) is 40.0 Å². The Morgan fingerprint density at radius 1 is 1.33 bits per heavy atom. The van der Waals surface area contributed by atoms with Gasteiger partial charge in [-0.25, -0.2) is 4.79 Å². The second kappa shape index (κ2) is 7.62. The van der Waals surface area contributed by atoms with Gasteiger partial charge in [-0.05, 0) is 24.7 Å². The van der Waals surface area contributed by atoms with E-state index >= 15 is 0 Å². The Morgan fingerprint density at radius 2 is 2.00 bits per heavy atom. The van der Waals surface area contributed by atoms with Gasteiger partial charge in [-0.15, -0.1) is 0 Å². The minimum Gasteiger partial charge on any atom is -0.391 e. The molecule has 4 heteroatoms. The molecule has 0 bridgehead atoms. The Hall–Kier alpha value is -0.770. The molecule has 3 unspecified atom stereocenters. The van der Waals surface area contributed by atoms with Crippen LogP contribution in [0.15, 0.2) is 0 Å². The summed E-state index contributed by atoms with van der Waals surface area (Å²) < 4.78 is 0. The van der Waals surface area contributed by atoms with Crippen LogP contribution in [-0.2, 0) is 0 Å². The van der Waals surface area contributed by atoms with Gasteiger partial charge >= 0.3 is 6.03 Å². The number of hydrogen-bond acceptors (Lipinski definition) is 2. The predicted molar refractivity (Wildman–Crippen MR) is 73.4 cm³/mol. The lowest BCUT2D eigenvalue weighted by Crippen LogP contribution is -2.46. The fourth-order valence-electron chi connectivity index (χ4n) is 2.78. The number of aliphatic hydroxyl groups excluding tert-OH is 1. The number of carbonyl (C=O) groups is 1. The van der Waals surface area contributed by atoms with Gasteiger partial charge in [0.15, 0.2) is 0 Å². The van der Waals surface area contributed by atoms with Crippen molar-refractivity contribution in [2.24, 2.45) is 11.8 Å². The minimum atomic E-state index is -0.438. The summed E-state index contributed by atoms with van der Waals surface area (Å²) in [5, 5.41) is 15.7. The van der Waals surface area contributed by atoms with Crippen LogP contribution in [0.3, 0.4) is 0 Å². The molecular formula is C14H28N2O2. The Kier molecular flexibility index (Phi) is 6.47. The highest BCUT2D eigenvalue weighted by Crippen LogP contribution is 2.24. The first-order chi connectivity index (χ1) is 8.58. The topological polar surface area (TPSA) is 61.4 Å². The van der Waals surface area contributed by atoms with E-state index in [-0.39, 0.29) is 11.9 Å². The monoisotopic (exact) mass is 256 g/mol. The van der Waals surface area contributed by atoms with Crippen LogP contribution in [0.2, 0.25) is 0 Å². The zero-order valence-electron chi connectivity index (χ0n) is 11.9. The molecule has 3 N–H and O–H groups in total. The molecule has 0 aromatic carbocycles. The number of nitrogens with one attached hydrogen (secondary N) is 2. The van der Waals surface area contributed by atoms with Gasteiger partial charge in [0.1, 0.15) is 0 Å². The lowest BCUT2D eigenvalue weighted by molar-refractivity contribution is 0.103. The van der Waals surface area contributed by atoms with E-state index in [4.69, 9.17) is 0 Å². The molecule has 0 radical (unpaired) electrons. The van der Waals surface area contributed by atoms with Crippen LogP contribution in [0.25, 0.3) is 0 Å². The number of aliphatic hydroxyl groups is 1. The molecule has 1 saturated carbocycles. The largest absolute Gasteiger partial charge is 0.391 e. The van der Waals surface area contributed by atoms with Gasteiger partial charge in [-0.2, -0.15) is 0 Å². The van der Waals surface area contributed by atoms with E-state index in [1.54, 1.807) is 0 Å². The van der Waals surface area contributed by atoms with Crippen molar-refractivity contribution < 1.29 is 9.90 Å². The van der Waals surface area contributed by atoms with Crippen molar-refractivity contribution in [3.8, 4) is 0 Å². The summed E-state index contributed by atoms with van der Waals surface area (Å²) in [4.78, 5) is 11.7. The maximum atomic E-state index is 11.7. The summed E-state index contributed by atoms with van der Waals surface area (Å²) in [6.07, 6.45) is 4.92. The summed E-state index contributed by atoms with van der Waals surface area (Å²) in [5.74, 6) is 0.843. The van der Waals surface area contributed by atoms with Crippen LogP contribution in [0.1, 0.15) is 52.9 Å². The van der Waals surface area contributed by atoms with Gasteiger partial charge in [0.25, 0.3) is 0 Å². The van der Waals surface area contributed by atoms with Crippen LogP contribution in [0.5, 0.6) is 0 Å². The first-order valence-electron chi connectivity index (χ1n) is 7.30. The molecule has 4 nitrogen and oxygen atoms in total. The smallest absolute Gasteiger partial charge is 0.315 e. The molecule has 106 valence electrons. The fraction of sp³-hybridized carbons (Fsp3) is 0.929. The maximum absolute atomic E-state index is 11.7. The van der Waals surface area contributed by atoms with Crippen LogP contribution >= 0.6 is 0 Å². The Morgan fingerprint density at radius 3 is 2.50 bits per heavy atom. The van der Waals surface area contributed by atoms with E-state index in [0.29, 0.717) is 18.5 Å². The van der Waals surface area contributed by atoms with Gasteiger partial charge in [0, 0.05) is 12.6 Å². The quantitative estimate of drug-likeness (QED) is 0.682. The third-order valence-electron chi connectivity index (χ3n) is 4.24. The summed E-state index contributed by atoms with van der Waals surface area (Å²) in [5.41, 5.74) is 0. The standard InChI is InChI=1S/C14H28N2O2/c1-4-11(5-2)13(17)9-15-14(18)16-12-8-6-7-10(12)3/h10-13,17H,4-9H2,1-3H3,(H2,15,16,18). The molecule has 1 fully saturated rings. The van der Waals surface area contributed by atoms with E-state index in [9.17, 15) is 9.90 Å². The molecule has 0 aromatic heterocycles. The van der Waals surface area contributed by atoms with E-state index in [1.165, 1.54) is 12.8 Å². The maximum Gasteiger partial charge on any atom is 0.315 e. The molecule has 3 atom stereocenters. The number of hydrogen-bond donors (Lipinski definition) is 3. The summed E-state index contributed by atoms with van der Waals surface area (Å²) in [6.45, 7) is 6.66. The highest BCUT2D eigenvalue weighted by Gasteiger charge is 2.25. The van der Waals surface area contributed by atoms with E-state index in [2.05, 4.69) is 31.4 Å². The van der Waals surface area contributed by atoms with Gasteiger partial charge in [0.05, 0.1) is 6.10 Å². The zero-order valence-corrected chi connectivity index (χ0v) is 11.9. The van der Waals surface area contributed by atoms with E-state index < -0.39 is 6.10 Å². The average Bonchev–Trinajstić information content (AvgIpc) is 2.74. The zero-order chi connectivity index (χ0) is 13.5. The Bertz CT molecular complexity index is 254. The van der Waals surface area contributed by atoms with E-state index in [1.807, 2.05) is 0 Å². The van der Waals surface area contributed by atoms with Crippen LogP contribution < -0.4 is 10.6 Å². The third kappa shape index (κ3) is 4.48. The summed E-state index contributed by atoms with van der Waals surface area (Å²) in [7, 11) is 0. The lowest BCUT2D eigenvalue weighted by Gasteiger charge is -2.22. The fourth-order valence-corrected chi connectivity index (χ4v) is 2.78. The highest BCUT2D eigenvalue weighted by atomic mass is 16.3. The van der Waals surface area contributed by atoms with Crippen molar-refractivity contribution in [2.75, 3.05) is 6.54 Å². The first-order valence-corrected chi connectivity index (χ1v) is 7.30. The van der Waals surface area contributed by atoms with Gasteiger partial charge in [-0.3, -0.25) is 0 Å². The van der Waals surface area contributed by atoms with Crippen molar-refractivity contribution in [3.63, 3.8) is 0 Å². The van der Waals surface area contributed by atoms with Crippen molar-refractivity contribution in [1.29, 1.82) is 0 Å². The molecule has 1 rings (SSSR count). The van der Waals surface area contributed by atoms with Crippen LogP contribution in [0, 0.1) is 11.8 Å². The molecule has 0 saturated heterocycles. The minimum absolute atomic E-state index is 0.140. The summed E-state index contributed by atoms with van der Waals surface area (Å²) in [6, 6.07) is 0.161. The first kappa shape index (κ1) is 15.3. The lowest BCUT2D eigenvalue weighted by atomic mass is 9.97. The summed E-state index contributed by atoms with van der Waals surface area (Å²) >= 11 is 0. The number of amides is 2. The van der Waals surface area contributed by atoms with Gasteiger partial charge in [0.2, 0.25) is 0 Å². The molecule has 18 heavy (non-hydrogen) atoms. The Labute approximate surface area is 111 Å². The van der Waals surface area contributed by atoms with Crippen molar-refractivity contribution >= 4 is 6.03 Å². The molecule has 2 amide bonds. The van der Waals surface area contributed by atoms with E-state index in [0.717, 1.165) is 19.3 Å². The molecule has 1 aliphatic carbocycles. The highest BCUT2D eigenvalue weighted by molar-refractivity contribution is 5.74. The number of urea groups is 1. The molecule has 0 heterocycles. The third-order valence-corrected chi connectivity index (χ3v) is 4.24. The molecule has 0 aromatic rings. The number of rotatable bonds is 6. The molecular weight excluding hydrogens is 228 g/mol. The van der Waals surface area contributed by atoms with Crippen molar-refractivity contribution in [1.82, 2.24) is 10.6 Å². The second-order valence-electron chi connectivity index (χ2n) is 5.51. The molecule has 1 aliphatic rings. The molecule has 0 spiro atoms. The SMILES string of the molecule is CCC(CC)C(O)CNC(=O)NC1CCCC1C. The van der Waals surface area contributed by atoms with Gasteiger partial charge < -0.3 is 15.7 Å².